The molecule has 27 heavy (non-hydrogen) atoms. The second-order valence-corrected chi connectivity index (χ2v) is 7.48. The van der Waals surface area contributed by atoms with Crippen LogP contribution in [0.4, 0.5) is 11.6 Å². The summed E-state index contributed by atoms with van der Waals surface area (Å²) in [5.41, 5.74) is 0.0260. The van der Waals surface area contributed by atoms with Crippen LogP contribution in [0.2, 0.25) is 0 Å². The van der Waals surface area contributed by atoms with Crippen LogP contribution < -0.4 is 10.2 Å². The van der Waals surface area contributed by atoms with Gasteiger partial charge in [0.15, 0.2) is 0 Å². The van der Waals surface area contributed by atoms with Crippen molar-refractivity contribution in [3.05, 3.63) is 57.7 Å². The van der Waals surface area contributed by atoms with Crippen LogP contribution in [0.5, 0.6) is 0 Å². The van der Waals surface area contributed by atoms with Crippen molar-refractivity contribution in [3.63, 3.8) is 0 Å². The van der Waals surface area contributed by atoms with Gasteiger partial charge >= 0.3 is 0 Å². The molecule has 1 aliphatic heterocycles. The number of hydrogen-bond donors (Lipinski definition) is 1. The minimum Gasteiger partial charge on any atom is -0.347 e. The topological polar surface area (TPSA) is 101 Å². The highest BCUT2D eigenvalue weighted by Gasteiger charge is 2.24. The minimum absolute atomic E-state index is 0.00889. The van der Waals surface area contributed by atoms with Crippen LogP contribution in [0.1, 0.15) is 22.5 Å². The van der Waals surface area contributed by atoms with E-state index in [9.17, 15) is 14.9 Å². The lowest BCUT2D eigenvalue weighted by Gasteiger charge is -2.32. The molecule has 1 fully saturated rings. The second kappa shape index (κ2) is 7.28. The number of nitrogens with zero attached hydrogens (tertiary/aromatic N) is 4. The van der Waals surface area contributed by atoms with Crippen LogP contribution in [0.3, 0.4) is 0 Å². The van der Waals surface area contributed by atoms with Gasteiger partial charge in [0, 0.05) is 53.7 Å². The molecule has 1 aliphatic rings. The number of hydrogen-bond acceptors (Lipinski definition) is 7. The zero-order valence-corrected chi connectivity index (χ0v) is 15.2. The molecule has 0 saturated carbocycles. The van der Waals surface area contributed by atoms with Gasteiger partial charge in [-0.2, -0.15) is 0 Å². The summed E-state index contributed by atoms with van der Waals surface area (Å²) >= 11 is 1.34. The van der Waals surface area contributed by atoms with E-state index in [1.54, 1.807) is 30.6 Å². The fraction of sp³-hybridized carbons (Fsp3) is 0.278. The maximum absolute atomic E-state index is 12.7. The molecule has 1 atom stereocenters. The maximum atomic E-state index is 12.7. The first-order chi connectivity index (χ1) is 13.1. The predicted molar refractivity (Wildman–Crippen MR) is 103 cm³/mol. The van der Waals surface area contributed by atoms with Crippen molar-refractivity contribution in [2.45, 2.75) is 18.9 Å². The summed E-state index contributed by atoms with van der Waals surface area (Å²) in [5.74, 6) is 0.519. The number of fused-ring (bicyclic) bond motifs is 1. The standard InChI is InChI=1S/C18H17N5O3S/c24-17(16-10-12-9-14(23(25)26)4-5-15(12)27-16)21-13-3-1-8-22(11-13)18-19-6-2-7-20-18/h2,4-7,9-10,13H,1,3,8,11H2,(H,21,24)/t13-/m1/s1. The third-order valence-electron chi connectivity index (χ3n) is 4.53. The Labute approximate surface area is 159 Å². The number of non-ortho nitro benzene ring substituents is 1. The second-order valence-electron chi connectivity index (χ2n) is 6.40. The van der Waals surface area contributed by atoms with Crippen molar-refractivity contribution in [1.29, 1.82) is 0 Å². The molecule has 9 heteroatoms. The van der Waals surface area contributed by atoms with Gasteiger partial charge in [-0.25, -0.2) is 9.97 Å². The predicted octanol–water partition coefficient (Wildman–Crippen LogP) is 3.00. The summed E-state index contributed by atoms with van der Waals surface area (Å²) in [7, 11) is 0. The molecular formula is C18H17N5O3S. The molecular weight excluding hydrogens is 366 g/mol. The van der Waals surface area contributed by atoms with Gasteiger partial charge in [0.25, 0.3) is 11.6 Å². The third-order valence-corrected chi connectivity index (χ3v) is 5.64. The van der Waals surface area contributed by atoms with Crippen LogP contribution in [-0.4, -0.2) is 39.9 Å². The van der Waals surface area contributed by atoms with Gasteiger partial charge in [-0.05, 0) is 31.0 Å². The summed E-state index contributed by atoms with van der Waals surface area (Å²) in [6.45, 7) is 1.52. The number of aromatic nitrogens is 2. The number of nitrogens with one attached hydrogen (secondary N) is 1. The van der Waals surface area contributed by atoms with E-state index in [-0.39, 0.29) is 17.6 Å². The van der Waals surface area contributed by atoms with E-state index >= 15 is 0 Å². The number of thiophene rings is 1. The van der Waals surface area contributed by atoms with Crippen molar-refractivity contribution in [1.82, 2.24) is 15.3 Å². The Morgan fingerprint density at radius 3 is 2.89 bits per heavy atom. The monoisotopic (exact) mass is 383 g/mol. The Kier molecular flexibility index (Phi) is 4.68. The number of carbonyl (C=O) groups is 1. The van der Waals surface area contributed by atoms with E-state index in [1.807, 2.05) is 0 Å². The van der Waals surface area contributed by atoms with Gasteiger partial charge in [-0.15, -0.1) is 11.3 Å². The molecule has 0 spiro atoms. The summed E-state index contributed by atoms with van der Waals surface area (Å²) in [6, 6.07) is 8.14. The molecule has 4 rings (SSSR count). The Hall–Kier alpha value is -3.07. The number of amides is 1. The van der Waals surface area contributed by atoms with Crippen LogP contribution >= 0.6 is 11.3 Å². The smallest absolute Gasteiger partial charge is 0.270 e. The molecule has 1 saturated heterocycles. The van der Waals surface area contributed by atoms with Gasteiger partial charge in [-0.1, -0.05) is 0 Å². The Balaban J connectivity index is 1.47. The highest BCUT2D eigenvalue weighted by atomic mass is 32.1. The zero-order valence-electron chi connectivity index (χ0n) is 14.4. The maximum Gasteiger partial charge on any atom is 0.270 e. The van der Waals surface area contributed by atoms with Crippen LogP contribution in [0, 0.1) is 10.1 Å². The molecule has 3 aromatic rings. The zero-order chi connectivity index (χ0) is 18.8. The van der Waals surface area contributed by atoms with Gasteiger partial charge in [-0.3, -0.25) is 14.9 Å². The molecule has 138 valence electrons. The largest absolute Gasteiger partial charge is 0.347 e. The Morgan fingerprint density at radius 1 is 1.30 bits per heavy atom. The molecule has 0 bridgehead atoms. The first-order valence-corrected chi connectivity index (χ1v) is 9.42. The van der Waals surface area contributed by atoms with Gasteiger partial charge in [0.2, 0.25) is 5.95 Å². The van der Waals surface area contributed by atoms with E-state index in [0.29, 0.717) is 22.8 Å². The highest BCUT2D eigenvalue weighted by Crippen LogP contribution is 2.29. The molecule has 1 N–H and O–H groups in total. The van der Waals surface area contributed by atoms with E-state index in [4.69, 9.17) is 0 Å². The van der Waals surface area contributed by atoms with E-state index in [0.717, 1.165) is 24.1 Å². The average Bonchev–Trinajstić information content (AvgIpc) is 3.12. The quantitative estimate of drug-likeness (QED) is 0.549. The minimum atomic E-state index is -0.431. The van der Waals surface area contributed by atoms with Gasteiger partial charge in [0.1, 0.15) is 0 Å². The number of benzene rings is 1. The van der Waals surface area contributed by atoms with Crippen molar-refractivity contribution < 1.29 is 9.72 Å². The van der Waals surface area contributed by atoms with Crippen molar-refractivity contribution in [3.8, 4) is 0 Å². The molecule has 0 aliphatic carbocycles. The molecule has 8 nitrogen and oxygen atoms in total. The van der Waals surface area contributed by atoms with E-state index in [1.165, 1.54) is 23.5 Å². The molecule has 0 unspecified atom stereocenters. The third kappa shape index (κ3) is 3.72. The van der Waals surface area contributed by atoms with Crippen molar-refractivity contribution >= 4 is 39.0 Å². The normalized spacial score (nSPS) is 17.0. The molecule has 1 aromatic carbocycles. The van der Waals surface area contributed by atoms with Gasteiger partial charge in [0.05, 0.1) is 9.80 Å². The number of nitro benzene ring substituents is 1. The Bertz CT molecular complexity index is 991. The van der Waals surface area contributed by atoms with E-state index in [2.05, 4.69) is 20.2 Å². The summed E-state index contributed by atoms with van der Waals surface area (Å²) < 4.78 is 0.855. The SMILES string of the molecule is O=C(N[C@@H]1CCCN(c2ncccn2)C1)c1cc2cc([N+](=O)[O-])ccc2s1. The highest BCUT2D eigenvalue weighted by molar-refractivity contribution is 7.20. The van der Waals surface area contributed by atoms with Crippen LogP contribution in [0.25, 0.3) is 10.1 Å². The molecule has 1 amide bonds. The number of carbonyl (C=O) groups excluding carboxylic acids is 1. The van der Waals surface area contributed by atoms with E-state index < -0.39 is 4.92 Å². The number of rotatable bonds is 4. The molecule has 0 radical (unpaired) electrons. The first-order valence-electron chi connectivity index (χ1n) is 8.61. The summed E-state index contributed by atoms with van der Waals surface area (Å²) in [4.78, 5) is 34.3. The lowest BCUT2D eigenvalue weighted by Crippen LogP contribution is -2.48. The lowest BCUT2D eigenvalue weighted by molar-refractivity contribution is -0.384. The first kappa shape index (κ1) is 17.3. The molecule has 3 heterocycles. The average molecular weight is 383 g/mol. The lowest BCUT2D eigenvalue weighted by atomic mass is 10.1. The van der Waals surface area contributed by atoms with Gasteiger partial charge < -0.3 is 10.2 Å². The number of piperidine rings is 1. The fourth-order valence-electron chi connectivity index (χ4n) is 3.24. The number of nitro groups is 1. The Morgan fingerprint density at radius 2 is 2.11 bits per heavy atom. The fourth-order valence-corrected chi connectivity index (χ4v) is 4.19. The molecule has 2 aromatic heterocycles. The summed E-state index contributed by atoms with van der Waals surface area (Å²) in [6.07, 6.45) is 5.26. The van der Waals surface area contributed by atoms with Crippen LogP contribution in [0.15, 0.2) is 42.7 Å². The van der Waals surface area contributed by atoms with Crippen molar-refractivity contribution in [2.75, 3.05) is 18.0 Å². The van der Waals surface area contributed by atoms with Crippen LogP contribution in [-0.2, 0) is 0 Å². The van der Waals surface area contributed by atoms with Crippen molar-refractivity contribution in [2.24, 2.45) is 0 Å². The summed E-state index contributed by atoms with van der Waals surface area (Å²) in [5, 5.41) is 14.7. The number of anilines is 1.